The smallest absolute Gasteiger partial charge is 0.317 e. The first kappa shape index (κ1) is 17.3. The van der Waals surface area contributed by atoms with Crippen molar-refractivity contribution in [2.75, 3.05) is 39.3 Å². The van der Waals surface area contributed by atoms with Crippen molar-refractivity contribution < 1.29 is 4.79 Å². The normalized spacial score (nSPS) is 21.4. The number of para-hydroxylation sites is 2. The number of amides is 2. The summed E-state index contributed by atoms with van der Waals surface area (Å²) in [6.07, 6.45) is 4.71. The lowest BCUT2D eigenvalue weighted by atomic mass is 9.97. The number of imidazole rings is 1. The Morgan fingerprint density at radius 1 is 1.19 bits per heavy atom. The Labute approximate surface area is 155 Å². The average molecular weight is 355 g/mol. The quantitative estimate of drug-likeness (QED) is 0.917. The molecular formula is C20H29N5O. The van der Waals surface area contributed by atoms with Crippen LogP contribution in [0.15, 0.2) is 24.3 Å². The molecule has 2 saturated heterocycles. The summed E-state index contributed by atoms with van der Waals surface area (Å²) in [5.41, 5.74) is 2.20. The molecule has 140 valence electrons. The second-order valence-corrected chi connectivity index (χ2v) is 7.58. The molecule has 1 N–H and O–H groups in total. The predicted molar refractivity (Wildman–Crippen MR) is 103 cm³/mol. The molecule has 2 fully saturated rings. The number of benzene rings is 1. The number of aryl methyl sites for hydroxylation is 1. The highest BCUT2D eigenvalue weighted by Gasteiger charge is 2.28. The number of aromatic nitrogens is 2. The first-order valence-electron chi connectivity index (χ1n) is 9.89. The first-order chi connectivity index (χ1) is 12.7. The van der Waals surface area contributed by atoms with E-state index in [0.717, 1.165) is 55.9 Å². The number of likely N-dealkylation sites (tertiary alicyclic amines) is 2. The Morgan fingerprint density at radius 2 is 2.00 bits per heavy atom. The maximum Gasteiger partial charge on any atom is 0.317 e. The summed E-state index contributed by atoms with van der Waals surface area (Å²) in [4.78, 5) is 21.8. The summed E-state index contributed by atoms with van der Waals surface area (Å²) < 4.78 is 2.19. The number of nitrogens with zero attached hydrogens (tertiary/aromatic N) is 4. The Hall–Kier alpha value is -2.08. The second kappa shape index (κ2) is 7.66. The van der Waals surface area contributed by atoms with Gasteiger partial charge in [0.15, 0.2) is 0 Å². The van der Waals surface area contributed by atoms with Gasteiger partial charge in [0.25, 0.3) is 0 Å². The van der Waals surface area contributed by atoms with E-state index in [0.29, 0.717) is 5.92 Å². The van der Waals surface area contributed by atoms with Crippen LogP contribution in [0.3, 0.4) is 0 Å². The minimum atomic E-state index is 0.0765. The fraction of sp³-hybridized carbons (Fsp3) is 0.600. The molecule has 2 aromatic rings. The highest BCUT2D eigenvalue weighted by Crippen LogP contribution is 2.28. The van der Waals surface area contributed by atoms with Crippen LogP contribution in [0.25, 0.3) is 11.0 Å². The molecule has 26 heavy (non-hydrogen) atoms. The van der Waals surface area contributed by atoms with Gasteiger partial charge >= 0.3 is 6.03 Å². The van der Waals surface area contributed by atoms with Crippen LogP contribution in [0.1, 0.15) is 37.4 Å². The van der Waals surface area contributed by atoms with Gasteiger partial charge in [-0.2, -0.15) is 0 Å². The second-order valence-electron chi connectivity index (χ2n) is 7.58. The molecule has 1 aromatic carbocycles. The number of piperidine rings is 1. The Balaban J connectivity index is 1.37. The topological polar surface area (TPSA) is 53.4 Å². The molecule has 6 nitrogen and oxygen atoms in total. The third-order valence-electron chi connectivity index (χ3n) is 5.80. The van der Waals surface area contributed by atoms with E-state index < -0.39 is 0 Å². The van der Waals surface area contributed by atoms with Crippen molar-refractivity contribution in [2.24, 2.45) is 7.05 Å². The molecule has 4 rings (SSSR count). The summed E-state index contributed by atoms with van der Waals surface area (Å²) in [7, 11) is 2.08. The van der Waals surface area contributed by atoms with E-state index in [1.807, 2.05) is 11.0 Å². The molecule has 0 spiro atoms. The van der Waals surface area contributed by atoms with Crippen LogP contribution >= 0.6 is 0 Å². The molecular weight excluding hydrogens is 326 g/mol. The molecule has 0 aliphatic carbocycles. The summed E-state index contributed by atoms with van der Waals surface area (Å²) in [6.45, 7) is 5.66. The molecule has 1 aromatic heterocycles. The number of fused-ring (bicyclic) bond motifs is 1. The van der Waals surface area contributed by atoms with Gasteiger partial charge in [-0.1, -0.05) is 12.1 Å². The van der Waals surface area contributed by atoms with Crippen molar-refractivity contribution in [2.45, 2.75) is 31.6 Å². The summed E-state index contributed by atoms with van der Waals surface area (Å²) in [5.74, 6) is 1.41. The SMILES string of the molecule is Cn1c(C2CCCN(C(=O)NCCN3CCCC3)C2)nc2ccccc21. The molecule has 0 saturated carbocycles. The van der Waals surface area contributed by atoms with Crippen LogP contribution in [0.2, 0.25) is 0 Å². The zero-order valence-corrected chi connectivity index (χ0v) is 15.7. The third kappa shape index (κ3) is 3.56. The van der Waals surface area contributed by atoms with Gasteiger partial charge in [-0.3, -0.25) is 0 Å². The minimum Gasteiger partial charge on any atom is -0.337 e. The molecule has 1 unspecified atom stereocenters. The van der Waals surface area contributed by atoms with E-state index in [4.69, 9.17) is 4.98 Å². The Bertz CT molecular complexity index is 765. The first-order valence-corrected chi connectivity index (χ1v) is 9.89. The highest BCUT2D eigenvalue weighted by atomic mass is 16.2. The monoisotopic (exact) mass is 355 g/mol. The molecule has 2 aliphatic heterocycles. The lowest BCUT2D eigenvalue weighted by Gasteiger charge is -2.32. The number of urea groups is 1. The largest absolute Gasteiger partial charge is 0.337 e. The fourth-order valence-corrected chi connectivity index (χ4v) is 4.34. The molecule has 2 amide bonds. The third-order valence-corrected chi connectivity index (χ3v) is 5.80. The molecule has 6 heteroatoms. The van der Waals surface area contributed by atoms with Crippen LogP contribution in [0, 0.1) is 0 Å². The summed E-state index contributed by atoms with van der Waals surface area (Å²) in [6, 6.07) is 8.32. The lowest BCUT2D eigenvalue weighted by Crippen LogP contribution is -2.46. The van der Waals surface area contributed by atoms with Crippen molar-refractivity contribution in [3.05, 3.63) is 30.1 Å². The van der Waals surface area contributed by atoms with E-state index in [2.05, 4.69) is 40.0 Å². The zero-order chi connectivity index (χ0) is 17.9. The van der Waals surface area contributed by atoms with Crippen molar-refractivity contribution in [1.82, 2.24) is 24.7 Å². The van der Waals surface area contributed by atoms with Crippen LogP contribution in [0.4, 0.5) is 4.79 Å². The van der Waals surface area contributed by atoms with Crippen molar-refractivity contribution in [3.8, 4) is 0 Å². The van der Waals surface area contributed by atoms with Gasteiger partial charge in [-0.25, -0.2) is 9.78 Å². The van der Waals surface area contributed by atoms with Crippen molar-refractivity contribution in [3.63, 3.8) is 0 Å². The van der Waals surface area contributed by atoms with Gasteiger partial charge in [-0.15, -0.1) is 0 Å². The number of rotatable bonds is 4. The number of hydrogen-bond acceptors (Lipinski definition) is 3. The summed E-state index contributed by atoms with van der Waals surface area (Å²) >= 11 is 0. The molecule has 1 atom stereocenters. The molecule has 0 bridgehead atoms. The number of nitrogens with one attached hydrogen (secondary N) is 1. The number of carbonyl (C=O) groups is 1. The highest BCUT2D eigenvalue weighted by molar-refractivity contribution is 5.76. The molecule has 0 radical (unpaired) electrons. The van der Waals surface area contributed by atoms with Crippen molar-refractivity contribution >= 4 is 17.1 Å². The van der Waals surface area contributed by atoms with Gasteiger partial charge < -0.3 is 19.7 Å². The fourth-order valence-electron chi connectivity index (χ4n) is 4.34. The Morgan fingerprint density at radius 3 is 2.81 bits per heavy atom. The Kier molecular flexibility index (Phi) is 5.11. The van der Waals surface area contributed by atoms with Gasteiger partial charge in [0.1, 0.15) is 5.82 Å². The van der Waals surface area contributed by atoms with Gasteiger partial charge in [-0.05, 0) is 50.9 Å². The van der Waals surface area contributed by atoms with Crippen LogP contribution in [0.5, 0.6) is 0 Å². The van der Waals surface area contributed by atoms with E-state index >= 15 is 0 Å². The summed E-state index contributed by atoms with van der Waals surface area (Å²) in [5, 5.41) is 3.11. The molecule has 2 aliphatic rings. The van der Waals surface area contributed by atoms with Crippen LogP contribution in [-0.4, -0.2) is 64.7 Å². The van der Waals surface area contributed by atoms with E-state index in [-0.39, 0.29) is 6.03 Å². The maximum atomic E-state index is 12.6. The number of carbonyl (C=O) groups excluding carboxylic acids is 1. The standard InChI is InChI=1S/C20H29N5O/c1-23-18-9-3-2-8-17(18)22-19(23)16-7-6-13-25(15-16)20(26)21-10-14-24-11-4-5-12-24/h2-3,8-9,16H,4-7,10-15H2,1H3,(H,21,26). The molecule has 3 heterocycles. The zero-order valence-electron chi connectivity index (χ0n) is 15.7. The predicted octanol–water partition coefficient (Wildman–Crippen LogP) is 2.56. The van der Waals surface area contributed by atoms with Crippen LogP contribution < -0.4 is 5.32 Å². The van der Waals surface area contributed by atoms with E-state index in [1.54, 1.807) is 0 Å². The van der Waals surface area contributed by atoms with Gasteiger partial charge in [0.2, 0.25) is 0 Å². The van der Waals surface area contributed by atoms with Crippen LogP contribution in [-0.2, 0) is 7.05 Å². The number of hydrogen-bond donors (Lipinski definition) is 1. The van der Waals surface area contributed by atoms with Crippen molar-refractivity contribution in [1.29, 1.82) is 0 Å². The average Bonchev–Trinajstić information content (AvgIpc) is 3.30. The lowest BCUT2D eigenvalue weighted by molar-refractivity contribution is 0.176. The van der Waals surface area contributed by atoms with Gasteiger partial charge in [0.05, 0.1) is 11.0 Å². The van der Waals surface area contributed by atoms with Gasteiger partial charge in [0, 0.05) is 39.1 Å². The maximum absolute atomic E-state index is 12.6. The van der Waals surface area contributed by atoms with E-state index in [1.165, 1.54) is 25.9 Å². The van der Waals surface area contributed by atoms with E-state index in [9.17, 15) is 4.79 Å². The minimum absolute atomic E-state index is 0.0765.